The molecule has 5 aromatic rings. The molecule has 0 aliphatic rings. The summed E-state index contributed by atoms with van der Waals surface area (Å²) in [4.78, 5) is 40.7. The van der Waals surface area contributed by atoms with Gasteiger partial charge < -0.3 is 5.32 Å². The predicted octanol–water partition coefficient (Wildman–Crippen LogP) is 8.40. The van der Waals surface area contributed by atoms with Crippen molar-refractivity contribution in [3.63, 3.8) is 0 Å². The van der Waals surface area contributed by atoms with Crippen molar-refractivity contribution >= 4 is 81.2 Å². The first-order valence-electron chi connectivity index (χ1n) is 13.2. The summed E-state index contributed by atoms with van der Waals surface area (Å²) in [6.45, 7) is 0. The minimum absolute atomic E-state index is 0.00651. The summed E-state index contributed by atoms with van der Waals surface area (Å²) in [5.74, 6) is -2.72. The average molecular weight is 745 g/mol. The third-order valence-electron chi connectivity index (χ3n) is 6.93. The number of halogens is 6. The molecule has 4 aromatic carbocycles. The lowest BCUT2D eigenvalue weighted by atomic mass is 9.92. The van der Waals surface area contributed by atoms with Crippen molar-refractivity contribution in [2.45, 2.75) is 11.8 Å². The quantitative estimate of drug-likeness (QED) is 0.171. The van der Waals surface area contributed by atoms with Gasteiger partial charge in [-0.3, -0.25) is 14.6 Å². The van der Waals surface area contributed by atoms with Crippen molar-refractivity contribution in [2.24, 2.45) is 0 Å². The van der Waals surface area contributed by atoms with Crippen molar-refractivity contribution in [1.29, 1.82) is 10.5 Å². The SMILES string of the molecule is N#CC(c1ccc(Cl)cc1)c1c(Cl)cc(NC(=O)c2nn(-c3cc(Cl)c(C(C#N)c4ccc(Cl)cc4)c(Cl)c3)c(=O)[nH]c2=O)cc1Cl. The molecular weight excluding hydrogens is 729 g/mol. The van der Waals surface area contributed by atoms with Gasteiger partial charge in [-0.05, 0) is 59.7 Å². The Hall–Kier alpha value is -4.32. The lowest BCUT2D eigenvalue weighted by Crippen LogP contribution is -2.37. The highest BCUT2D eigenvalue weighted by atomic mass is 35.5. The van der Waals surface area contributed by atoms with Crippen LogP contribution in [0.15, 0.2) is 82.4 Å². The number of rotatable bonds is 7. The van der Waals surface area contributed by atoms with Crippen molar-refractivity contribution < 1.29 is 4.79 Å². The van der Waals surface area contributed by atoms with Crippen LogP contribution in [0.5, 0.6) is 0 Å². The van der Waals surface area contributed by atoms with Gasteiger partial charge >= 0.3 is 5.69 Å². The second kappa shape index (κ2) is 14.2. The van der Waals surface area contributed by atoms with Crippen molar-refractivity contribution in [2.75, 3.05) is 5.32 Å². The highest BCUT2D eigenvalue weighted by Gasteiger charge is 2.25. The number of amides is 1. The molecule has 2 unspecified atom stereocenters. The van der Waals surface area contributed by atoms with Gasteiger partial charge in [0.25, 0.3) is 11.5 Å². The van der Waals surface area contributed by atoms with Gasteiger partial charge in [-0.2, -0.15) is 20.3 Å². The number of benzene rings is 4. The van der Waals surface area contributed by atoms with E-state index in [0.29, 0.717) is 26.7 Å². The third kappa shape index (κ3) is 7.17. The van der Waals surface area contributed by atoms with Gasteiger partial charge in [0, 0.05) is 47.0 Å². The first-order chi connectivity index (χ1) is 22.4. The van der Waals surface area contributed by atoms with Crippen LogP contribution in [0.3, 0.4) is 0 Å². The zero-order valence-corrected chi connectivity index (χ0v) is 27.9. The van der Waals surface area contributed by atoms with E-state index in [4.69, 9.17) is 69.6 Å². The number of hydrogen-bond acceptors (Lipinski definition) is 6. The van der Waals surface area contributed by atoms with Gasteiger partial charge in [0.1, 0.15) is 0 Å². The second-order valence-corrected chi connectivity index (χ2v) is 12.4. The van der Waals surface area contributed by atoms with Crippen LogP contribution in [0, 0.1) is 22.7 Å². The Balaban J connectivity index is 1.46. The Labute approximate surface area is 296 Å². The minimum atomic E-state index is -1.08. The molecule has 2 N–H and O–H groups in total. The van der Waals surface area contributed by atoms with Crippen LogP contribution < -0.4 is 16.6 Å². The number of hydrogen-bond donors (Lipinski definition) is 2. The van der Waals surface area contributed by atoms with E-state index in [-0.39, 0.29) is 37.0 Å². The number of nitriles is 2. The Morgan fingerprint density at radius 2 is 1.15 bits per heavy atom. The van der Waals surface area contributed by atoms with Gasteiger partial charge in [-0.25, -0.2) is 4.79 Å². The lowest BCUT2D eigenvalue weighted by Gasteiger charge is -2.16. The zero-order valence-electron chi connectivity index (χ0n) is 23.4. The fraction of sp³-hybridized carbons (Fsp3) is 0.0625. The summed E-state index contributed by atoms with van der Waals surface area (Å²) >= 11 is 38.0. The van der Waals surface area contributed by atoms with Gasteiger partial charge in [0.05, 0.1) is 29.7 Å². The molecule has 1 aromatic heterocycles. The topological polar surface area (TPSA) is 144 Å². The highest BCUT2D eigenvalue weighted by molar-refractivity contribution is 6.37. The molecular formula is C32H16Cl6N6O3. The summed E-state index contributed by atoms with van der Waals surface area (Å²) in [5, 5.41) is 27.4. The Kier molecular flexibility index (Phi) is 10.3. The van der Waals surface area contributed by atoms with E-state index < -0.39 is 34.7 Å². The molecule has 9 nitrogen and oxygen atoms in total. The maximum absolute atomic E-state index is 13.2. The molecule has 0 spiro atoms. The Morgan fingerprint density at radius 3 is 1.57 bits per heavy atom. The summed E-state index contributed by atoms with van der Waals surface area (Å²) in [7, 11) is 0. The normalized spacial score (nSPS) is 12.1. The van der Waals surface area contributed by atoms with Crippen LogP contribution in [-0.2, 0) is 0 Å². The van der Waals surface area contributed by atoms with E-state index in [0.717, 1.165) is 4.68 Å². The highest BCUT2D eigenvalue weighted by Crippen LogP contribution is 2.39. The monoisotopic (exact) mass is 742 g/mol. The minimum Gasteiger partial charge on any atom is -0.320 e. The van der Waals surface area contributed by atoms with Crippen LogP contribution in [0.25, 0.3) is 5.69 Å². The van der Waals surface area contributed by atoms with Crippen LogP contribution in [0.2, 0.25) is 30.1 Å². The smallest absolute Gasteiger partial charge is 0.320 e. The van der Waals surface area contributed by atoms with E-state index in [2.05, 4.69) is 22.6 Å². The number of aromatic amines is 1. The molecule has 0 fully saturated rings. The standard InChI is InChI=1S/C32H16Cl6N6O3/c33-17-5-1-15(2-6-17)21(13-39)27-23(35)9-19(10-24(27)36)41-30(45)29-31(46)42-32(47)44(43-29)20-11-25(37)28(26(38)12-20)22(14-40)16-3-7-18(34)8-4-16/h1-12,21-22H,(H,41,45)(H,42,46,47). The van der Waals surface area contributed by atoms with Crippen molar-refractivity contribution in [1.82, 2.24) is 14.8 Å². The Bertz CT molecular complexity index is 2190. The van der Waals surface area contributed by atoms with E-state index in [1.54, 1.807) is 48.5 Å². The molecule has 0 aliphatic carbocycles. The van der Waals surface area contributed by atoms with Crippen LogP contribution in [-0.4, -0.2) is 20.7 Å². The predicted molar refractivity (Wildman–Crippen MR) is 183 cm³/mol. The Morgan fingerprint density at radius 1 is 0.723 bits per heavy atom. The number of H-pyrrole nitrogens is 1. The molecule has 0 saturated carbocycles. The van der Waals surface area contributed by atoms with Gasteiger partial charge in [0.15, 0.2) is 0 Å². The third-order valence-corrected chi connectivity index (χ3v) is 8.69. The number of nitrogens with one attached hydrogen (secondary N) is 2. The van der Waals surface area contributed by atoms with E-state index in [9.17, 15) is 24.9 Å². The molecule has 0 radical (unpaired) electrons. The lowest BCUT2D eigenvalue weighted by molar-refractivity contribution is 0.101. The first-order valence-corrected chi connectivity index (χ1v) is 15.5. The first kappa shape index (κ1) is 34.0. The van der Waals surface area contributed by atoms with Crippen LogP contribution in [0.4, 0.5) is 5.69 Å². The van der Waals surface area contributed by atoms with Gasteiger partial charge in [-0.15, -0.1) is 0 Å². The number of anilines is 1. The largest absolute Gasteiger partial charge is 0.349 e. The molecule has 234 valence electrons. The maximum atomic E-state index is 13.2. The number of nitrogens with zero attached hydrogens (tertiary/aromatic N) is 4. The summed E-state index contributed by atoms with van der Waals surface area (Å²) < 4.78 is 0.730. The van der Waals surface area contributed by atoms with Crippen LogP contribution >= 0.6 is 69.6 Å². The molecule has 1 amide bonds. The van der Waals surface area contributed by atoms with Crippen LogP contribution in [0.1, 0.15) is 44.6 Å². The van der Waals surface area contributed by atoms with Gasteiger partial charge in [-0.1, -0.05) is 93.9 Å². The second-order valence-electron chi connectivity index (χ2n) is 9.88. The molecule has 0 bridgehead atoms. The molecule has 0 aliphatic heterocycles. The fourth-order valence-electron chi connectivity index (χ4n) is 4.74. The number of carbonyl (C=O) groups excluding carboxylic acids is 1. The molecule has 47 heavy (non-hydrogen) atoms. The van der Waals surface area contributed by atoms with Crippen molar-refractivity contribution in [3.05, 3.63) is 152 Å². The molecule has 0 saturated heterocycles. The van der Waals surface area contributed by atoms with Crippen molar-refractivity contribution in [3.8, 4) is 17.8 Å². The van der Waals surface area contributed by atoms with E-state index >= 15 is 0 Å². The average Bonchev–Trinajstić information content (AvgIpc) is 3.01. The molecule has 5 rings (SSSR count). The van der Waals surface area contributed by atoms with Gasteiger partial charge in [0.2, 0.25) is 5.69 Å². The number of aromatic nitrogens is 3. The summed E-state index contributed by atoms with van der Waals surface area (Å²) in [6, 6.07) is 22.8. The molecule has 2 atom stereocenters. The fourth-order valence-corrected chi connectivity index (χ4v) is 6.39. The summed E-state index contributed by atoms with van der Waals surface area (Å²) in [6.07, 6.45) is 0. The maximum Gasteiger partial charge on any atom is 0.349 e. The zero-order chi connectivity index (χ0) is 34.0. The number of carbonyl (C=O) groups is 1. The molecule has 1 heterocycles. The summed E-state index contributed by atoms with van der Waals surface area (Å²) in [5.41, 5.74) is -0.925. The molecule has 15 heteroatoms. The van der Waals surface area contributed by atoms with E-state index in [1.807, 2.05) is 4.98 Å². The van der Waals surface area contributed by atoms with E-state index in [1.165, 1.54) is 24.3 Å².